The summed E-state index contributed by atoms with van der Waals surface area (Å²) in [5, 5.41) is 4.33. The van der Waals surface area contributed by atoms with Crippen molar-refractivity contribution in [2.45, 2.75) is 31.8 Å². The first-order valence-corrected chi connectivity index (χ1v) is 8.03. The highest BCUT2D eigenvalue weighted by Gasteiger charge is 2.20. The summed E-state index contributed by atoms with van der Waals surface area (Å²) in [6.45, 7) is 0.816. The average molecular weight is 308 g/mol. The van der Waals surface area contributed by atoms with E-state index in [0.29, 0.717) is 6.42 Å². The Labute approximate surface area is 134 Å². The van der Waals surface area contributed by atoms with E-state index in [0.717, 1.165) is 41.7 Å². The van der Waals surface area contributed by atoms with Gasteiger partial charge in [-0.3, -0.25) is 4.79 Å². The SMILES string of the molecule is Cn1cc(CC(=O)N[C@@H]2CCc3nccn3C2)c2ccccc21. The van der Waals surface area contributed by atoms with Crippen molar-refractivity contribution in [2.24, 2.45) is 7.05 Å². The van der Waals surface area contributed by atoms with Crippen molar-refractivity contribution in [1.29, 1.82) is 0 Å². The summed E-state index contributed by atoms with van der Waals surface area (Å²) in [5.74, 6) is 1.21. The van der Waals surface area contributed by atoms with E-state index in [-0.39, 0.29) is 11.9 Å². The Morgan fingerprint density at radius 2 is 2.26 bits per heavy atom. The van der Waals surface area contributed by atoms with Crippen LogP contribution in [0.5, 0.6) is 0 Å². The molecule has 0 saturated carbocycles. The highest BCUT2D eigenvalue weighted by Crippen LogP contribution is 2.21. The molecule has 1 amide bonds. The van der Waals surface area contributed by atoms with Crippen LogP contribution in [0, 0.1) is 0 Å². The number of hydrogen-bond donors (Lipinski definition) is 1. The lowest BCUT2D eigenvalue weighted by molar-refractivity contribution is -0.121. The number of para-hydroxylation sites is 1. The Balaban J connectivity index is 1.46. The van der Waals surface area contributed by atoms with E-state index in [2.05, 4.69) is 37.8 Å². The minimum Gasteiger partial charge on any atom is -0.351 e. The lowest BCUT2D eigenvalue weighted by Crippen LogP contribution is -2.41. The lowest BCUT2D eigenvalue weighted by Gasteiger charge is -2.24. The van der Waals surface area contributed by atoms with Gasteiger partial charge in [0.15, 0.2) is 0 Å². The number of rotatable bonds is 3. The summed E-state index contributed by atoms with van der Waals surface area (Å²) in [7, 11) is 2.02. The summed E-state index contributed by atoms with van der Waals surface area (Å²) in [4.78, 5) is 16.8. The molecule has 1 aliphatic heterocycles. The molecule has 1 aliphatic rings. The number of imidazole rings is 1. The van der Waals surface area contributed by atoms with Crippen LogP contribution in [0.2, 0.25) is 0 Å². The fourth-order valence-electron chi connectivity index (χ4n) is 3.50. The van der Waals surface area contributed by atoms with E-state index >= 15 is 0 Å². The van der Waals surface area contributed by atoms with Crippen LogP contribution in [0.1, 0.15) is 17.8 Å². The Morgan fingerprint density at radius 1 is 1.39 bits per heavy atom. The van der Waals surface area contributed by atoms with Gasteiger partial charge in [-0.05, 0) is 18.1 Å². The average Bonchev–Trinajstić information content (AvgIpc) is 3.12. The molecule has 0 aliphatic carbocycles. The molecule has 1 aromatic carbocycles. The number of benzene rings is 1. The van der Waals surface area contributed by atoms with Crippen LogP contribution in [-0.4, -0.2) is 26.1 Å². The lowest BCUT2D eigenvalue weighted by atomic mass is 10.1. The van der Waals surface area contributed by atoms with Crippen molar-refractivity contribution in [3.63, 3.8) is 0 Å². The van der Waals surface area contributed by atoms with Crippen LogP contribution in [0.4, 0.5) is 0 Å². The number of amides is 1. The van der Waals surface area contributed by atoms with E-state index in [1.807, 2.05) is 31.6 Å². The zero-order valence-corrected chi connectivity index (χ0v) is 13.2. The number of carbonyl (C=O) groups excluding carboxylic acids is 1. The van der Waals surface area contributed by atoms with Gasteiger partial charge in [-0.25, -0.2) is 4.98 Å². The van der Waals surface area contributed by atoms with Gasteiger partial charge in [0.05, 0.1) is 6.42 Å². The number of carbonyl (C=O) groups is 1. The standard InChI is InChI=1S/C18H20N4O/c1-21-11-13(15-4-2-3-5-16(15)21)10-18(23)20-14-6-7-17-19-8-9-22(17)12-14/h2-5,8-9,11,14H,6-7,10,12H2,1H3,(H,20,23)/t14-/m1/s1. The van der Waals surface area contributed by atoms with Crippen molar-refractivity contribution in [3.8, 4) is 0 Å². The number of aromatic nitrogens is 3. The van der Waals surface area contributed by atoms with Gasteiger partial charge in [0.2, 0.25) is 5.91 Å². The molecule has 0 bridgehead atoms. The smallest absolute Gasteiger partial charge is 0.224 e. The molecule has 1 N–H and O–H groups in total. The molecule has 0 fully saturated rings. The van der Waals surface area contributed by atoms with Crippen LogP contribution in [0.3, 0.4) is 0 Å². The van der Waals surface area contributed by atoms with Gasteiger partial charge in [0.1, 0.15) is 5.82 Å². The van der Waals surface area contributed by atoms with Crippen molar-refractivity contribution in [1.82, 2.24) is 19.4 Å². The van der Waals surface area contributed by atoms with E-state index < -0.39 is 0 Å². The molecular weight excluding hydrogens is 288 g/mol. The first-order valence-electron chi connectivity index (χ1n) is 8.03. The Bertz CT molecular complexity index is 861. The molecule has 0 radical (unpaired) electrons. The summed E-state index contributed by atoms with van der Waals surface area (Å²) < 4.78 is 4.21. The molecule has 3 heterocycles. The monoisotopic (exact) mass is 308 g/mol. The third kappa shape index (κ3) is 2.63. The minimum atomic E-state index is 0.0925. The third-order valence-corrected chi connectivity index (χ3v) is 4.63. The fourth-order valence-corrected chi connectivity index (χ4v) is 3.50. The molecule has 23 heavy (non-hydrogen) atoms. The van der Waals surface area contributed by atoms with Gasteiger partial charge in [0.25, 0.3) is 0 Å². The normalized spacial score (nSPS) is 17.2. The zero-order chi connectivity index (χ0) is 15.8. The molecule has 0 unspecified atom stereocenters. The maximum Gasteiger partial charge on any atom is 0.224 e. The highest BCUT2D eigenvalue weighted by molar-refractivity contribution is 5.89. The third-order valence-electron chi connectivity index (χ3n) is 4.63. The molecule has 0 saturated heterocycles. The minimum absolute atomic E-state index is 0.0925. The predicted molar refractivity (Wildman–Crippen MR) is 89.1 cm³/mol. The number of hydrogen-bond acceptors (Lipinski definition) is 2. The van der Waals surface area contributed by atoms with Crippen molar-refractivity contribution >= 4 is 16.8 Å². The van der Waals surface area contributed by atoms with Crippen molar-refractivity contribution < 1.29 is 4.79 Å². The molecule has 5 nitrogen and oxygen atoms in total. The van der Waals surface area contributed by atoms with Gasteiger partial charge in [-0.15, -0.1) is 0 Å². The van der Waals surface area contributed by atoms with Gasteiger partial charge in [0, 0.05) is 55.5 Å². The van der Waals surface area contributed by atoms with Gasteiger partial charge >= 0.3 is 0 Å². The van der Waals surface area contributed by atoms with Crippen molar-refractivity contribution in [2.75, 3.05) is 0 Å². The predicted octanol–water partition coefficient (Wildman–Crippen LogP) is 2.05. The zero-order valence-electron chi connectivity index (χ0n) is 13.2. The molecule has 1 atom stereocenters. The topological polar surface area (TPSA) is 51.9 Å². The number of aryl methyl sites for hydroxylation is 2. The highest BCUT2D eigenvalue weighted by atomic mass is 16.1. The Kier molecular flexibility index (Phi) is 3.41. The van der Waals surface area contributed by atoms with E-state index in [9.17, 15) is 4.79 Å². The fraction of sp³-hybridized carbons (Fsp3) is 0.333. The molecular formula is C18H20N4O. The first kappa shape index (κ1) is 14.1. The number of fused-ring (bicyclic) bond motifs is 2. The maximum atomic E-state index is 12.4. The summed E-state index contributed by atoms with van der Waals surface area (Å²) in [6.07, 6.45) is 8.17. The van der Waals surface area contributed by atoms with E-state index in [1.54, 1.807) is 0 Å². The second kappa shape index (κ2) is 5.57. The van der Waals surface area contributed by atoms with Crippen LogP contribution in [-0.2, 0) is 31.2 Å². The van der Waals surface area contributed by atoms with E-state index in [4.69, 9.17) is 0 Å². The number of nitrogens with zero attached hydrogens (tertiary/aromatic N) is 3. The largest absolute Gasteiger partial charge is 0.351 e. The molecule has 2 aromatic heterocycles. The van der Waals surface area contributed by atoms with Crippen LogP contribution < -0.4 is 5.32 Å². The van der Waals surface area contributed by atoms with Gasteiger partial charge in [-0.1, -0.05) is 18.2 Å². The Hall–Kier alpha value is -2.56. The summed E-state index contributed by atoms with van der Waals surface area (Å²) in [6, 6.07) is 8.40. The van der Waals surface area contributed by atoms with Gasteiger partial charge in [-0.2, -0.15) is 0 Å². The summed E-state index contributed by atoms with van der Waals surface area (Å²) >= 11 is 0. The van der Waals surface area contributed by atoms with Crippen LogP contribution in [0.15, 0.2) is 42.9 Å². The quantitative estimate of drug-likeness (QED) is 0.805. The molecule has 3 aromatic rings. The maximum absolute atomic E-state index is 12.4. The second-order valence-corrected chi connectivity index (χ2v) is 6.26. The van der Waals surface area contributed by atoms with Crippen LogP contribution >= 0.6 is 0 Å². The van der Waals surface area contributed by atoms with Gasteiger partial charge < -0.3 is 14.5 Å². The molecule has 118 valence electrons. The van der Waals surface area contributed by atoms with Crippen LogP contribution in [0.25, 0.3) is 10.9 Å². The second-order valence-electron chi connectivity index (χ2n) is 6.26. The van der Waals surface area contributed by atoms with E-state index in [1.165, 1.54) is 0 Å². The first-order chi connectivity index (χ1) is 11.2. The van der Waals surface area contributed by atoms with Crippen molar-refractivity contribution in [3.05, 3.63) is 54.2 Å². The molecule has 0 spiro atoms. The molecule has 4 rings (SSSR count). The summed E-state index contributed by atoms with van der Waals surface area (Å²) in [5.41, 5.74) is 2.25. The molecule has 5 heteroatoms. The Morgan fingerprint density at radius 3 is 3.17 bits per heavy atom. The number of nitrogens with one attached hydrogen (secondary N) is 1.